The molecule has 4 rings (SSSR count). The van der Waals surface area contributed by atoms with Crippen LogP contribution in [0.2, 0.25) is 5.02 Å². The van der Waals surface area contributed by atoms with Crippen LogP contribution in [0.25, 0.3) is 5.70 Å². The quantitative estimate of drug-likeness (QED) is 0.591. The van der Waals surface area contributed by atoms with E-state index in [0.717, 1.165) is 5.56 Å². The number of aliphatic imine (C=N–C) groups is 1. The van der Waals surface area contributed by atoms with E-state index in [-0.39, 0.29) is 12.4 Å². The van der Waals surface area contributed by atoms with Gasteiger partial charge in [-0.1, -0.05) is 48.0 Å². The van der Waals surface area contributed by atoms with Gasteiger partial charge in [-0.25, -0.2) is 9.79 Å². The van der Waals surface area contributed by atoms with E-state index in [1.54, 1.807) is 24.0 Å². The van der Waals surface area contributed by atoms with Crippen LogP contribution in [0.1, 0.15) is 31.0 Å². The molecule has 33 heavy (non-hydrogen) atoms. The molecule has 2 aliphatic rings. The molecule has 0 bridgehead atoms. The average Bonchev–Trinajstić information content (AvgIpc) is 3.15. The Morgan fingerprint density at radius 2 is 2.00 bits per heavy atom. The predicted octanol–water partition coefficient (Wildman–Crippen LogP) is 4.82. The van der Waals surface area contributed by atoms with Crippen molar-refractivity contribution in [3.63, 3.8) is 0 Å². The van der Waals surface area contributed by atoms with Crippen LogP contribution in [-0.4, -0.2) is 29.3 Å². The van der Waals surface area contributed by atoms with Gasteiger partial charge < -0.3 is 15.2 Å². The Bertz CT molecular complexity index is 1230. The summed E-state index contributed by atoms with van der Waals surface area (Å²) in [6.07, 6.45) is 0. The highest BCUT2D eigenvalue weighted by molar-refractivity contribution is 8.17. The first-order valence-electron chi connectivity index (χ1n) is 10.3. The van der Waals surface area contributed by atoms with Crippen molar-refractivity contribution in [2.24, 2.45) is 10.7 Å². The van der Waals surface area contributed by atoms with E-state index >= 15 is 0 Å². The fraction of sp³-hybridized carbons (Fsp3) is 0.208. The molecular weight excluding hydrogens is 460 g/mol. The van der Waals surface area contributed by atoms with Crippen LogP contribution in [0.4, 0.5) is 0 Å². The second-order valence-electron chi connectivity index (χ2n) is 7.07. The highest BCUT2D eigenvalue weighted by Gasteiger charge is 2.43. The minimum atomic E-state index is -0.696. The van der Waals surface area contributed by atoms with Crippen LogP contribution in [0, 0.1) is 11.3 Å². The number of rotatable bonds is 6. The van der Waals surface area contributed by atoms with Gasteiger partial charge in [-0.3, -0.25) is 4.90 Å². The second-order valence-corrected chi connectivity index (χ2v) is 8.45. The molecule has 0 amide bonds. The van der Waals surface area contributed by atoms with Crippen LogP contribution in [0.15, 0.2) is 69.8 Å². The summed E-state index contributed by atoms with van der Waals surface area (Å²) in [7, 11) is 0. The lowest BCUT2D eigenvalue weighted by molar-refractivity contribution is -0.139. The molecule has 0 aliphatic carbocycles. The number of benzene rings is 2. The Morgan fingerprint density at radius 1 is 1.24 bits per heavy atom. The molecule has 0 saturated heterocycles. The van der Waals surface area contributed by atoms with Crippen molar-refractivity contribution in [1.29, 1.82) is 5.26 Å². The van der Waals surface area contributed by atoms with Crippen LogP contribution in [0.5, 0.6) is 5.75 Å². The average molecular weight is 481 g/mol. The van der Waals surface area contributed by atoms with Crippen LogP contribution in [0.3, 0.4) is 0 Å². The monoisotopic (exact) mass is 480 g/mol. The molecule has 2 aromatic carbocycles. The molecule has 0 radical (unpaired) electrons. The number of carbonyl (C=O) groups is 1. The van der Waals surface area contributed by atoms with E-state index in [9.17, 15) is 10.1 Å². The van der Waals surface area contributed by atoms with Crippen LogP contribution < -0.4 is 10.5 Å². The maximum absolute atomic E-state index is 13.3. The predicted molar refractivity (Wildman–Crippen MR) is 129 cm³/mol. The molecule has 7 nitrogen and oxygen atoms in total. The number of hydrogen-bond acceptors (Lipinski definition) is 8. The van der Waals surface area contributed by atoms with Crippen LogP contribution >= 0.6 is 23.4 Å². The number of carbonyl (C=O) groups excluding carboxylic acids is 1. The molecule has 0 saturated carbocycles. The molecule has 0 aromatic heterocycles. The van der Waals surface area contributed by atoms with Crippen molar-refractivity contribution in [2.45, 2.75) is 19.9 Å². The molecule has 9 heteroatoms. The zero-order chi connectivity index (χ0) is 23.5. The van der Waals surface area contributed by atoms with E-state index in [1.165, 1.54) is 11.8 Å². The van der Waals surface area contributed by atoms with E-state index in [0.29, 0.717) is 44.3 Å². The second kappa shape index (κ2) is 9.61. The smallest absolute Gasteiger partial charge is 0.338 e. The Balaban J connectivity index is 1.98. The molecule has 168 valence electrons. The van der Waals surface area contributed by atoms with E-state index < -0.39 is 12.0 Å². The maximum atomic E-state index is 13.3. The Morgan fingerprint density at radius 3 is 2.64 bits per heavy atom. The fourth-order valence-corrected chi connectivity index (χ4v) is 4.85. The Hall–Kier alpha value is -3.41. The molecule has 2 aromatic rings. The van der Waals surface area contributed by atoms with Crippen molar-refractivity contribution in [3.05, 3.63) is 81.0 Å². The third-order valence-electron chi connectivity index (χ3n) is 5.10. The number of fused-ring (bicyclic) bond motifs is 1. The summed E-state index contributed by atoms with van der Waals surface area (Å²) in [6.45, 7) is 4.28. The number of nitrogens with two attached hydrogens (primary N) is 1. The number of halogens is 1. The molecule has 2 heterocycles. The highest BCUT2D eigenvalue weighted by atomic mass is 35.5. The fourth-order valence-electron chi connectivity index (χ4n) is 3.73. The topological polar surface area (TPSA) is 101 Å². The van der Waals surface area contributed by atoms with Gasteiger partial charge in [-0.2, -0.15) is 5.26 Å². The van der Waals surface area contributed by atoms with Gasteiger partial charge in [0.15, 0.2) is 5.17 Å². The summed E-state index contributed by atoms with van der Waals surface area (Å²) in [5.41, 5.74) is 8.58. The lowest BCUT2D eigenvalue weighted by Crippen LogP contribution is -2.38. The van der Waals surface area contributed by atoms with E-state index in [2.05, 4.69) is 6.07 Å². The molecule has 0 unspecified atom stereocenters. The van der Waals surface area contributed by atoms with Crippen molar-refractivity contribution < 1.29 is 14.3 Å². The first-order chi connectivity index (χ1) is 16.0. The third-order valence-corrected chi connectivity index (χ3v) is 6.37. The zero-order valence-corrected chi connectivity index (χ0v) is 19.6. The van der Waals surface area contributed by atoms with Gasteiger partial charge in [-0.15, -0.1) is 0 Å². The highest BCUT2D eigenvalue weighted by Crippen LogP contribution is 2.48. The maximum Gasteiger partial charge on any atom is 0.338 e. The van der Waals surface area contributed by atoms with Gasteiger partial charge in [0.2, 0.25) is 0 Å². The molecular formula is C24H21ClN4O3S. The molecule has 0 fully saturated rings. The standard InChI is InChI=1S/C24H21ClN4O3S/c1-3-31-17-11-10-15(12-16(17)25)21-19(23(30)32-4-2)20(14-8-6-5-7-9-14)28-24-29(21)22(27)18(13-26)33-24/h5-12,21H,3-4,27H2,1-2H3/t21-/m1/s1. The zero-order valence-electron chi connectivity index (χ0n) is 18.0. The first-order valence-corrected chi connectivity index (χ1v) is 11.5. The summed E-state index contributed by atoms with van der Waals surface area (Å²) in [6, 6.07) is 16.1. The Labute approximate surface area is 201 Å². The molecule has 1 atom stereocenters. The first kappa shape index (κ1) is 22.8. The van der Waals surface area contributed by atoms with Gasteiger partial charge in [0.05, 0.1) is 35.5 Å². The van der Waals surface area contributed by atoms with E-state index in [4.69, 9.17) is 31.8 Å². The number of thioether (sulfide) groups is 1. The van der Waals surface area contributed by atoms with Gasteiger partial charge in [0, 0.05) is 5.56 Å². The van der Waals surface area contributed by atoms with Crippen molar-refractivity contribution >= 4 is 40.2 Å². The summed E-state index contributed by atoms with van der Waals surface area (Å²) in [5.74, 6) is 0.247. The summed E-state index contributed by atoms with van der Waals surface area (Å²) in [4.78, 5) is 20.1. The largest absolute Gasteiger partial charge is 0.492 e. The number of hydrogen-bond donors (Lipinski definition) is 1. The van der Waals surface area contributed by atoms with Crippen molar-refractivity contribution in [2.75, 3.05) is 13.2 Å². The van der Waals surface area contributed by atoms with E-state index in [1.807, 2.05) is 43.3 Å². The number of amidine groups is 1. The lowest BCUT2D eigenvalue weighted by atomic mass is 9.92. The molecule has 2 N–H and O–H groups in total. The summed E-state index contributed by atoms with van der Waals surface area (Å²) < 4.78 is 11.0. The number of nitriles is 1. The molecule has 2 aliphatic heterocycles. The number of allylic oxidation sites excluding steroid dienone is 1. The Kier molecular flexibility index (Phi) is 6.63. The van der Waals surface area contributed by atoms with Crippen molar-refractivity contribution in [3.8, 4) is 11.8 Å². The van der Waals surface area contributed by atoms with Gasteiger partial charge >= 0.3 is 5.97 Å². The van der Waals surface area contributed by atoms with Gasteiger partial charge in [0.25, 0.3) is 0 Å². The number of nitrogens with zero attached hydrogens (tertiary/aromatic N) is 3. The van der Waals surface area contributed by atoms with Crippen LogP contribution in [-0.2, 0) is 9.53 Å². The lowest BCUT2D eigenvalue weighted by Gasteiger charge is -2.35. The SMILES string of the molecule is CCOC(=O)C1=C(c2ccccc2)N=C2SC(C#N)=C(N)N2[C@@H]1c1ccc(OCC)c(Cl)c1. The number of esters is 1. The third kappa shape index (κ3) is 4.17. The minimum Gasteiger partial charge on any atom is -0.492 e. The minimum absolute atomic E-state index is 0.196. The molecule has 0 spiro atoms. The summed E-state index contributed by atoms with van der Waals surface area (Å²) in [5, 5.41) is 10.5. The summed E-state index contributed by atoms with van der Waals surface area (Å²) >= 11 is 7.67. The van der Waals surface area contributed by atoms with Gasteiger partial charge in [-0.05, 0) is 43.3 Å². The van der Waals surface area contributed by atoms with Gasteiger partial charge in [0.1, 0.15) is 22.5 Å². The van der Waals surface area contributed by atoms with Crippen molar-refractivity contribution in [1.82, 2.24) is 4.90 Å². The number of ether oxygens (including phenoxy) is 2. The normalized spacial score (nSPS) is 17.5.